The van der Waals surface area contributed by atoms with Gasteiger partial charge in [0.1, 0.15) is 11.4 Å². The number of hydrogen-bond donors (Lipinski definition) is 2. The molecule has 3 N–H and O–H groups in total. The number of rotatable bonds is 6. The van der Waals surface area contributed by atoms with Gasteiger partial charge in [0.25, 0.3) is 5.91 Å². The number of pyridine rings is 1. The first-order valence-electron chi connectivity index (χ1n) is 7.46. The van der Waals surface area contributed by atoms with Crippen molar-refractivity contribution in [1.82, 2.24) is 9.71 Å². The highest BCUT2D eigenvalue weighted by atomic mass is 32.2. The molecular formula is C17H21N3O2S. The van der Waals surface area contributed by atoms with Crippen LogP contribution < -0.4 is 10.5 Å². The maximum Gasteiger partial charge on any atom is 0.278 e. The molecule has 0 aliphatic rings. The quantitative estimate of drug-likeness (QED) is 0.794. The van der Waals surface area contributed by atoms with Crippen LogP contribution in [0.5, 0.6) is 0 Å². The monoisotopic (exact) mass is 331 g/mol. The van der Waals surface area contributed by atoms with Gasteiger partial charge < -0.3 is 10.3 Å². The summed E-state index contributed by atoms with van der Waals surface area (Å²) in [6.07, 6.45) is 2.25. The van der Waals surface area contributed by atoms with Gasteiger partial charge in [-0.3, -0.25) is 9.78 Å². The summed E-state index contributed by atoms with van der Waals surface area (Å²) in [7, 11) is 0. The summed E-state index contributed by atoms with van der Waals surface area (Å²) in [6, 6.07) is 12.1. The number of carbonyl (C=O) groups is 1. The molecule has 6 heteroatoms. The summed E-state index contributed by atoms with van der Waals surface area (Å²) in [6.45, 7) is 3.97. The van der Waals surface area contributed by atoms with Gasteiger partial charge in [-0.25, -0.2) is 0 Å². The molecule has 0 spiro atoms. The Morgan fingerprint density at radius 3 is 2.74 bits per heavy atom. The number of aromatic nitrogens is 1. The Morgan fingerprint density at radius 2 is 2.09 bits per heavy atom. The summed E-state index contributed by atoms with van der Waals surface area (Å²) in [5.74, 6) is -0.100. The minimum Gasteiger partial charge on any atom is -0.588 e. The largest absolute Gasteiger partial charge is 0.588 e. The second-order valence-corrected chi connectivity index (χ2v) is 6.93. The highest BCUT2D eigenvalue weighted by molar-refractivity contribution is 7.90. The van der Waals surface area contributed by atoms with E-state index in [9.17, 15) is 9.35 Å². The standard InChI is InChI=1S/C17H21N3O2S/c1-12(2)10-15(18)17(21)20-23(22)14-7-5-6-13(11-14)16-8-3-4-9-19-16/h3-9,11-12,15H,10,18H2,1-2H3,(H,20,21). The van der Waals surface area contributed by atoms with Crippen LogP contribution in [0.25, 0.3) is 11.3 Å². The predicted octanol–water partition coefficient (Wildman–Crippen LogP) is 2.26. The van der Waals surface area contributed by atoms with Crippen molar-refractivity contribution in [3.8, 4) is 11.3 Å². The van der Waals surface area contributed by atoms with Crippen molar-refractivity contribution in [3.05, 3.63) is 48.7 Å². The summed E-state index contributed by atoms with van der Waals surface area (Å²) in [4.78, 5) is 16.8. The smallest absolute Gasteiger partial charge is 0.278 e. The number of nitrogens with two attached hydrogens (primary N) is 1. The lowest BCUT2D eigenvalue weighted by atomic mass is 10.0. The van der Waals surface area contributed by atoms with Crippen molar-refractivity contribution >= 4 is 17.3 Å². The third-order valence-corrected chi connectivity index (χ3v) is 4.33. The SMILES string of the molecule is CC(C)CC(N)C(=O)N[S+]([O-])c1cccc(-c2ccccn2)c1. The Labute approximate surface area is 139 Å². The predicted molar refractivity (Wildman–Crippen MR) is 91.7 cm³/mol. The molecule has 0 saturated heterocycles. The third kappa shape index (κ3) is 5.06. The zero-order valence-corrected chi connectivity index (χ0v) is 14.0. The van der Waals surface area contributed by atoms with Crippen LogP contribution in [0.2, 0.25) is 0 Å². The first-order valence-corrected chi connectivity index (χ1v) is 8.61. The molecular weight excluding hydrogens is 310 g/mol. The first-order chi connectivity index (χ1) is 11.0. The molecule has 5 nitrogen and oxygen atoms in total. The highest BCUT2D eigenvalue weighted by Gasteiger charge is 2.22. The van der Waals surface area contributed by atoms with Gasteiger partial charge in [-0.05, 0) is 30.5 Å². The second kappa shape index (κ2) is 8.10. The molecule has 2 unspecified atom stereocenters. The minimum atomic E-state index is -1.64. The van der Waals surface area contributed by atoms with Gasteiger partial charge in [0.15, 0.2) is 4.90 Å². The van der Waals surface area contributed by atoms with Crippen molar-refractivity contribution in [2.45, 2.75) is 31.2 Å². The summed E-state index contributed by atoms with van der Waals surface area (Å²) in [5.41, 5.74) is 7.44. The fourth-order valence-electron chi connectivity index (χ4n) is 2.15. The molecule has 1 aromatic carbocycles. The van der Waals surface area contributed by atoms with Crippen LogP contribution in [0.4, 0.5) is 0 Å². The summed E-state index contributed by atoms with van der Waals surface area (Å²) < 4.78 is 14.8. The molecule has 0 aliphatic heterocycles. The Kier molecular flexibility index (Phi) is 6.15. The van der Waals surface area contributed by atoms with Crippen LogP contribution >= 0.6 is 0 Å². The average Bonchev–Trinajstić information content (AvgIpc) is 2.55. The van der Waals surface area contributed by atoms with E-state index in [4.69, 9.17) is 5.73 Å². The average molecular weight is 331 g/mol. The maximum absolute atomic E-state index is 12.3. The van der Waals surface area contributed by atoms with Crippen molar-refractivity contribution in [3.63, 3.8) is 0 Å². The van der Waals surface area contributed by atoms with Crippen LogP contribution in [0, 0.1) is 5.92 Å². The lowest BCUT2D eigenvalue weighted by Crippen LogP contribution is -2.43. The van der Waals surface area contributed by atoms with Gasteiger partial charge in [0, 0.05) is 17.8 Å². The molecule has 2 aromatic rings. The molecule has 2 rings (SSSR count). The minimum absolute atomic E-state index is 0.302. The Hall–Kier alpha value is -1.89. The van der Waals surface area contributed by atoms with Gasteiger partial charge in [-0.1, -0.05) is 32.0 Å². The lowest BCUT2D eigenvalue weighted by Gasteiger charge is -2.16. The van der Waals surface area contributed by atoms with E-state index >= 15 is 0 Å². The van der Waals surface area contributed by atoms with E-state index < -0.39 is 23.3 Å². The highest BCUT2D eigenvalue weighted by Crippen LogP contribution is 2.20. The van der Waals surface area contributed by atoms with Gasteiger partial charge in [-0.2, -0.15) is 4.72 Å². The Balaban J connectivity index is 2.08. The number of nitrogens with one attached hydrogen (secondary N) is 1. The molecule has 0 fully saturated rings. The normalized spacial score (nSPS) is 13.6. The Bertz CT molecular complexity index is 649. The molecule has 122 valence electrons. The van der Waals surface area contributed by atoms with Crippen LogP contribution in [0.3, 0.4) is 0 Å². The zero-order chi connectivity index (χ0) is 16.8. The third-order valence-electron chi connectivity index (χ3n) is 3.26. The molecule has 0 radical (unpaired) electrons. The van der Waals surface area contributed by atoms with Crippen LogP contribution in [0.1, 0.15) is 20.3 Å². The van der Waals surface area contributed by atoms with E-state index in [1.807, 2.05) is 38.1 Å². The maximum atomic E-state index is 12.3. The number of hydrogen-bond acceptors (Lipinski definition) is 4. The van der Waals surface area contributed by atoms with Crippen molar-refractivity contribution in [2.75, 3.05) is 0 Å². The van der Waals surface area contributed by atoms with Crippen molar-refractivity contribution in [2.24, 2.45) is 11.7 Å². The van der Waals surface area contributed by atoms with E-state index in [2.05, 4.69) is 9.71 Å². The fraction of sp³-hybridized carbons (Fsp3) is 0.294. The number of carbonyl (C=O) groups excluding carboxylic acids is 1. The topological polar surface area (TPSA) is 91.1 Å². The van der Waals surface area contributed by atoms with Crippen LogP contribution in [0.15, 0.2) is 53.6 Å². The molecule has 1 heterocycles. The molecule has 0 aliphatic carbocycles. The Morgan fingerprint density at radius 1 is 1.30 bits per heavy atom. The van der Waals surface area contributed by atoms with E-state index in [0.29, 0.717) is 17.2 Å². The molecule has 23 heavy (non-hydrogen) atoms. The molecule has 1 aromatic heterocycles. The van der Waals surface area contributed by atoms with Gasteiger partial charge in [0.2, 0.25) is 0 Å². The summed E-state index contributed by atoms with van der Waals surface area (Å²) in [5, 5.41) is 0. The van der Waals surface area contributed by atoms with E-state index in [-0.39, 0.29) is 0 Å². The van der Waals surface area contributed by atoms with Crippen LogP contribution in [-0.2, 0) is 16.2 Å². The molecule has 1 amide bonds. The van der Waals surface area contributed by atoms with Crippen molar-refractivity contribution < 1.29 is 9.35 Å². The molecule has 0 saturated carbocycles. The molecule has 2 atom stereocenters. The second-order valence-electron chi connectivity index (χ2n) is 5.71. The van der Waals surface area contributed by atoms with E-state index in [1.165, 1.54) is 0 Å². The van der Waals surface area contributed by atoms with Crippen LogP contribution in [-0.4, -0.2) is 21.5 Å². The summed E-state index contributed by atoms with van der Waals surface area (Å²) >= 11 is -1.64. The van der Waals surface area contributed by atoms with Gasteiger partial charge >= 0.3 is 0 Å². The van der Waals surface area contributed by atoms with E-state index in [0.717, 1.165) is 11.3 Å². The fourth-order valence-corrected chi connectivity index (χ4v) is 3.03. The zero-order valence-electron chi connectivity index (χ0n) is 13.2. The lowest BCUT2D eigenvalue weighted by molar-refractivity contribution is -0.120. The number of nitrogens with zero attached hydrogens (tertiary/aromatic N) is 1. The van der Waals surface area contributed by atoms with Gasteiger partial charge in [0.05, 0.1) is 11.7 Å². The number of amides is 1. The molecule has 0 bridgehead atoms. The van der Waals surface area contributed by atoms with E-state index in [1.54, 1.807) is 24.4 Å². The van der Waals surface area contributed by atoms with Crippen molar-refractivity contribution in [1.29, 1.82) is 0 Å². The van der Waals surface area contributed by atoms with Gasteiger partial charge in [-0.15, -0.1) is 0 Å². The number of benzene rings is 1. The first kappa shape index (κ1) is 17.5.